The Morgan fingerprint density at radius 1 is 1.24 bits per heavy atom. The van der Waals surface area contributed by atoms with Crippen LogP contribution < -0.4 is 5.32 Å². The lowest BCUT2D eigenvalue weighted by molar-refractivity contribution is -0.124. The van der Waals surface area contributed by atoms with Crippen molar-refractivity contribution in [3.05, 3.63) is 42.1 Å². The van der Waals surface area contributed by atoms with Gasteiger partial charge < -0.3 is 10.1 Å². The zero-order valence-electron chi connectivity index (χ0n) is 12.1. The second-order valence-electron chi connectivity index (χ2n) is 4.84. The average molecular weight is 286 g/mol. The predicted molar refractivity (Wildman–Crippen MR) is 79.9 cm³/mol. The van der Waals surface area contributed by atoms with Crippen LogP contribution >= 0.6 is 0 Å². The molecule has 2 aromatic rings. The zero-order valence-corrected chi connectivity index (χ0v) is 12.1. The van der Waals surface area contributed by atoms with Crippen LogP contribution in [0.15, 0.2) is 36.4 Å². The van der Waals surface area contributed by atoms with Crippen LogP contribution in [0.4, 0.5) is 0 Å². The van der Waals surface area contributed by atoms with Gasteiger partial charge in [0.15, 0.2) is 6.61 Å². The molecule has 21 heavy (non-hydrogen) atoms. The summed E-state index contributed by atoms with van der Waals surface area (Å²) in [5.74, 6) is -0.904. The number of hydrogen-bond acceptors (Lipinski definition) is 4. The molecule has 0 spiro atoms. The van der Waals surface area contributed by atoms with Crippen molar-refractivity contribution in [2.24, 2.45) is 0 Å². The van der Waals surface area contributed by atoms with Crippen LogP contribution in [0.1, 0.15) is 30.8 Å². The summed E-state index contributed by atoms with van der Waals surface area (Å²) in [7, 11) is 0. The molecule has 0 aliphatic rings. The maximum atomic E-state index is 11.9. The first-order chi connectivity index (χ1) is 10.1. The maximum absolute atomic E-state index is 11.9. The highest BCUT2D eigenvalue weighted by molar-refractivity contribution is 5.92. The summed E-state index contributed by atoms with van der Waals surface area (Å²) in [4.78, 5) is 27.7. The lowest BCUT2D eigenvalue weighted by Crippen LogP contribution is -2.35. The Hall–Kier alpha value is -2.43. The van der Waals surface area contributed by atoms with Crippen molar-refractivity contribution >= 4 is 22.8 Å². The number of nitrogens with one attached hydrogen (secondary N) is 1. The van der Waals surface area contributed by atoms with E-state index < -0.39 is 5.97 Å². The lowest BCUT2D eigenvalue weighted by atomic mass is 10.2. The highest BCUT2D eigenvalue weighted by Gasteiger charge is 2.13. The number of benzene rings is 1. The summed E-state index contributed by atoms with van der Waals surface area (Å²) in [5, 5.41) is 3.68. The third-order valence-corrected chi connectivity index (χ3v) is 3.16. The third-order valence-electron chi connectivity index (χ3n) is 3.16. The molecule has 0 fully saturated rings. The number of amides is 1. The standard InChI is InChI=1S/C16H18N2O3/c1-3-11(2)17-15(19)10-21-16(20)14-9-8-12-6-4-5-7-13(12)18-14/h4-9,11H,3,10H2,1-2H3,(H,17,19)/t11-/m0/s1. The third kappa shape index (κ3) is 4.02. The molecule has 1 aromatic carbocycles. The molecule has 1 aromatic heterocycles. The van der Waals surface area contributed by atoms with E-state index in [1.54, 1.807) is 12.1 Å². The van der Waals surface area contributed by atoms with Crippen molar-refractivity contribution in [1.82, 2.24) is 10.3 Å². The summed E-state index contributed by atoms with van der Waals surface area (Å²) < 4.78 is 4.97. The Kier molecular flexibility index (Phi) is 4.87. The van der Waals surface area contributed by atoms with E-state index in [4.69, 9.17) is 4.74 Å². The first-order valence-electron chi connectivity index (χ1n) is 6.92. The van der Waals surface area contributed by atoms with Gasteiger partial charge in [-0.15, -0.1) is 0 Å². The first kappa shape index (κ1) is 15.0. The van der Waals surface area contributed by atoms with Crippen molar-refractivity contribution < 1.29 is 14.3 Å². The molecular weight excluding hydrogens is 268 g/mol. The zero-order chi connectivity index (χ0) is 15.2. The molecular formula is C16H18N2O3. The number of carbonyl (C=O) groups excluding carboxylic acids is 2. The minimum absolute atomic E-state index is 0.0648. The van der Waals surface area contributed by atoms with Gasteiger partial charge in [-0.2, -0.15) is 0 Å². The van der Waals surface area contributed by atoms with Gasteiger partial charge in [-0.05, 0) is 25.5 Å². The molecule has 1 atom stereocenters. The topological polar surface area (TPSA) is 68.3 Å². The molecule has 0 aliphatic heterocycles. The number of ether oxygens (including phenoxy) is 1. The van der Waals surface area contributed by atoms with Gasteiger partial charge in [0.2, 0.25) is 0 Å². The monoisotopic (exact) mass is 286 g/mol. The summed E-state index contributed by atoms with van der Waals surface area (Å²) in [6.07, 6.45) is 0.825. The van der Waals surface area contributed by atoms with Crippen LogP contribution in [0.25, 0.3) is 10.9 Å². The number of pyridine rings is 1. The number of esters is 1. The minimum atomic E-state index is -0.597. The minimum Gasteiger partial charge on any atom is -0.451 e. The molecule has 0 aliphatic carbocycles. The number of carbonyl (C=O) groups is 2. The number of fused-ring (bicyclic) bond motifs is 1. The molecule has 110 valence electrons. The van der Waals surface area contributed by atoms with Gasteiger partial charge in [0.25, 0.3) is 5.91 Å². The number of nitrogens with zero attached hydrogens (tertiary/aromatic N) is 1. The summed E-state index contributed by atoms with van der Waals surface area (Å²) in [5.41, 5.74) is 0.918. The molecule has 0 saturated carbocycles. The van der Waals surface area contributed by atoms with E-state index in [2.05, 4.69) is 10.3 Å². The van der Waals surface area contributed by atoms with Gasteiger partial charge in [-0.3, -0.25) is 4.79 Å². The normalized spacial score (nSPS) is 11.9. The van der Waals surface area contributed by atoms with Gasteiger partial charge in [0, 0.05) is 11.4 Å². The van der Waals surface area contributed by atoms with Gasteiger partial charge in [-0.25, -0.2) is 9.78 Å². The quantitative estimate of drug-likeness (QED) is 0.856. The van der Waals surface area contributed by atoms with Crippen molar-refractivity contribution in [2.45, 2.75) is 26.3 Å². The largest absolute Gasteiger partial charge is 0.451 e. The molecule has 0 saturated heterocycles. The summed E-state index contributed by atoms with van der Waals surface area (Å²) in [6.45, 7) is 3.57. The fourth-order valence-electron chi connectivity index (χ4n) is 1.80. The van der Waals surface area contributed by atoms with E-state index in [1.165, 1.54) is 0 Å². The number of hydrogen-bond donors (Lipinski definition) is 1. The second-order valence-corrected chi connectivity index (χ2v) is 4.84. The highest BCUT2D eigenvalue weighted by Crippen LogP contribution is 2.12. The van der Waals surface area contributed by atoms with E-state index in [0.717, 1.165) is 17.3 Å². The molecule has 5 nitrogen and oxygen atoms in total. The molecule has 1 amide bonds. The van der Waals surface area contributed by atoms with E-state index in [0.29, 0.717) is 0 Å². The van der Waals surface area contributed by atoms with Crippen LogP contribution in [0.3, 0.4) is 0 Å². The Balaban J connectivity index is 1.97. The molecule has 5 heteroatoms. The Morgan fingerprint density at radius 2 is 2.00 bits per heavy atom. The molecule has 0 unspecified atom stereocenters. The van der Waals surface area contributed by atoms with Crippen molar-refractivity contribution in [2.75, 3.05) is 6.61 Å². The van der Waals surface area contributed by atoms with Crippen molar-refractivity contribution in [1.29, 1.82) is 0 Å². The van der Waals surface area contributed by atoms with Gasteiger partial charge in [0.1, 0.15) is 5.69 Å². The Labute approximate surface area is 123 Å². The lowest BCUT2D eigenvalue weighted by Gasteiger charge is -2.11. The fraction of sp³-hybridized carbons (Fsp3) is 0.312. The maximum Gasteiger partial charge on any atom is 0.357 e. The van der Waals surface area contributed by atoms with E-state index in [1.807, 2.05) is 38.1 Å². The number of rotatable bonds is 5. The molecule has 0 bridgehead atoms. The molecule has 1 heterocycles. The van der Waals surface area contributed by atoms with Gasteiger partial charge in [-0.1, -0.05) is 31.2 Å². The Morgan fingerprint density at radius 3 is 2.76 bits per heavy atom. The van der Waals surface area contributed by atoms with Crippen LogP contribution in [-0.2, 0) is 9.53 Å². The smallest absolute Gasteiger partial charge is 0.357 e. The summed E-state index contributed by atoms with van der Waals surface area (Å²) in [6, 6.07) is 11.0. The van der Waals surface area contributed by atoms with E-state index in [9.17, 15) is 9.59 Å². The van der Waals surface area contributed by atoms with Crippen molar-refractivity contribution in [3.63, 3.8) is 0 Å². The molecule has 1 N–H and O–H groups in total. The van der Waals surface area contributed by atoms with Gasteiger partial charge in [0.05, 0.1) is 5.52 Å². The van der Waals surface area contributed by atoms with Crippen LogP contribution in [0.5, 0.6) is 0 Å². The second kappa shape index (κ2) is 6.83. The molecule has 2 rings (SSSR count). The summed E-state index contributed by atoms with van der Waals surface area (Å²) >= 11 is 0. The number of aromatic nitrogens is 1. The first-order valence-corrected chi connectivity index (χ1v) is 6.92. The van der Waals surface area contributed by atoms with E-state index >= 15 is 0 Å². The fourth-order valence-corrected chi connectivity index (χ4v) is 1.80. The highest BCUT2D eigenvalue weighted by atomic mass is 16.5. The van der Waals surface area contributed by atoms with Crippen LogP contribution in [0, 0.1) is 0 Å². The van der Waals surface area contributed by atoms with Gasteiger partial charge >= 0.3 is 5.97 Å². The average Bonchev–Trinajstić information content (AvgIpc) is 2.51. The number of para-hydroxylation sites is 1. The van der Waals surface area contributed by atoms with E-state index in [-0.39, 0.29) is 24.2 Å². The van der Waals surface area contributed by atoms with Crippen molar-refractivity contribution in [3.8, 4) is 0 Å². The van der Waals surface area contributed by atoms with Crippen LogP contribution in [-0.4, -0.2) is 29.5 Å². The molecule has 0 radical (unpaired) electrons. The Bertz CT molecular complexity index is 655. The predicted octanol–water partition coefficient (Wildman–Crippen LogP) is 2.31. The SMILES string of the molecule is CC[C@H](C)NC(=O)COC(=O)c1ccc2ccccc2n1. The van der Waals surface area contributed by atoms with Crippen LogP contribution in [0.2, 0.25) is 0 Å².